The summed E-state index contributed by atoms with van der Waals surface area (Å²) < 4.78 is 5.19. The molecule has 84 valence electrons. The predicted octanol–water partition coefficient (Wildman–Crippen LogP) is 2.66. The fourth-order valence-electron chi connectivity index (χ4n) is 2.21. The summed E-state index contributed by atoms with van der Waals surface area (Å²) >= 11 is 3.79. The molecule has 1 aliphatic rings. The van der Waals surface area contributed by atoms with Crippen molar-refractivity contribution in [2.45, 2.75) is 49.5 Å². The third-order valence-electron chi connectivity index (χ3n) is 3.27. The van der Waals surface area contributed by atoms with Crippen molar-refractivity contribution in [2.75, 3.05) is 20.8 Å². The van der Waals surface area contributed by atoms with Gasteiger partial charge < -0.3 is 4.74 Å². The number of rotatable bonds is 4. The number of methoxy groups -OCH3 is 1. The van der Waals surface area contributed by atoms with Gasteiger partial charge in [-0.1, -0.05) is 28.8 Å². The van der Waals surface area contributed by atoms with Gasteiger partial charge in [-0.15, -0.1) is 0 Å². The summed E-state index contributed by atoms with van der Waals surface area (Å²) in [6.45, 7) is 3.06. The number of likely N-dealkylation sites (N-methyl/N-ethyl adjacent to an activating group) is 1. The van der Waals surface area contributed by atoms with Gasteiger partial charge in [0.15, 0.2) is 0 Å². The molecule has 1 fully saturated rings. The molecule has 0 saturated heterocycles. The average molecular weight is 264 g/mol. The van der Waals surface area contributed by atoms with E-state index in [0.717, 1.165) is 6.61 Å². The molecule has 0 N–H and O–H groups in total. The molecule has 0 spiro atoms. The lowest BCUT2D eigenvalue weighted by molar-refractivity contribution is 0.0788. The van der Waals surface area contributed by atoms with Crippen molar-refractivity contribution < 1.29 is 4.74 Å². The van der Waals surface area contributed by atoms with Crippen LogP contribution >= 0.6 is 15.9 Å². The van der Waals surface area contributed by atoms with E-state index in [1.165, 1.54) is 25.7 Å². The SMILES string of the molecule is COCC(C)N(C)C1CCCCC1Br. The predicted molar refractivity (Wildman–Crippen MR) is 64.1 cm³/mol. The van der Waals surface area contributed by atoms with Crippen molar-refractivity contribution in [3.8, 4) is 0 Å². The van der Waals surface area contributed by atoms with E-state index in [9.17, 15) is 0 Å². The quantitative estimate of drug-likeness (QED) is 0.724. The van der Waals surface area contributed by atoms with E-state index in [2.05, 4.69) is 34.8 Å². The van der Waals surface area contributed by atoms with Crippen LogP contribution in [0.5, 0.6) is 0 Å². The van der Waals surface area contributed by atoms with Gasteiger partial charge in [-0.05, 0) is 26.8 Å². The molecule has 0 amide bonds. The van der Waals surface area contributed by atoms with Gasteiger partial charge in [0, 0.05) is 24.0 Å². The molecule has 1 rings (SSSR count). The highest BCUT2D eigenvalue weighted by molar-refractivity contribution is 9.09. The van der Waals surface area contributed by atoms with Crippen LogP contribution in [0, 0.1) is 0 Å². The second kappa shape index (κ2) is 6.09. The minimum atomic E-state index is 0.517. The van der Waals surface area contributed by atoms with Crippen molar-refractivity contribution in [1.29, 1.82) is 0 Å². The van der Waals surface area contributed by atoms with Crippen molar-refractivity contribution in [2.24, 2.45) is 0 Å². The van der Waals surface area contributed by atoms with E-state index in [1.54, 1.807) is 7.11 Å². The van der Waals surface area contributed by atoms with Crippen LogP contribution in [0.25, 0.3) is 0 Å². The summed E-state index contributed by atoms with van der Waals surface area (Å²) in [6.07, 6.45) is 5.38. The average Bonchev–Trinajstić information content (AvgIpc) is 2.18. The summed E-state index contributed by atoms with van der Waals surface area (Å²) in [6, 6.07) is 1.21. The fourth-order valence-corrected chi connectivity index (χ4v) is 3.17. The maximum atomic E-state index is 5.19. The van der Waals surface area contributed by atoms with Crippen LogP contribution in [0.3, 0.4) is 0 Å². The lowest BCUT2D eigenvalue weighted by atomic mass is 9.93. The molecule has 3 unspecified atom stereocenters. The normalized spacial score (nSPS) is 30.6. The van der Waals surface area contributed by atoms with E-state index in [-0.39, 0.29) is 0 Å². The molecule has 0 aromatic carbocycles. The first kappa shape index (κ1) is 12.5. The zero-order valence-electron chi connectivity index (χ0n) is 9.50. The van der Waals surface area contributed by atoms with E-state index >= 15 is 0 Å². The van der Waals surface area contributed by atoms with Gasteiger partial charge >= 0.3 is 0 Å². The van der Waals surface area contributed by atoms with Crippen LogP contribution in [0.1, 0.15) is 32.6 Å². The van der Waals surface area contributed by atoms with Gasteiger partial charge in [-0.2, -0.15) is 0 Å². The lowest BCUT2D eigenvalue weighted by Crippen LogP contribution is -2.46. The number of hydrogen-bond acceptors (Lipinski definition) is 2. The Morgan fingerprint density at radius 3 is 2.64 bits per heavy atom. The summed E-state index contributed by atoms with van der Waals surface area (Å²) in [7, 11) is 3.99. The van der Waals surface area contributed by atoms with Crippen LogP contribution in [-0.2, 0) is 4.74 Å². The van der Waals surface area contributed by atoms with E-state index < -0.39 is 0 Å². The zero-order valence-corrected chi connectivity index (χ0v) is 11.1. The Labute approximate surface area is 96.1 Å². The molecule has 1 aliphatic carbocycles. The highest BCUT2D eigenvalue weighted by Crippen LogP contribution is 2.28. The third-order valence-corrected chi connectivity index (χ3v) is 4.34. The molecule has 0 radical (unpaired) electrons. The first-order valence-corrected chi connectivity index (χ1v) is 6.43. The molecule has 2 nitrogen and oxygen atoms in total. The topological polar surface area (TPSA) is 12.5 Å². The third kappa shape index (κ3) is 3.21. The Balaban J connectivity index is 2.44. The van der Waals surface area contributed by atoms with Gasteiger partial charge in [0.05, 0.1) is 6.61 Å². The highest BCUT2D eigenvalue weighted by atomic mass is 79.9. The molecule has 0 aromatic heterocycles. The highest BCUT2D eigenvalue weighted by Gasteiger charge is 2.28. The smallest absolute Gasteiger partial charge is 0.0615 e. The second-order valence-electron chi connectivity index (χ2n) is 4.34. The molecule has 3 atom stereocenters. The molecule has 0 aliphatic heterocycles. The maximum Gasteiger partial charge on any atom is 0.0615 e. The number of ether oxygens (including phenoxy) is 1. The fraction of sp³-hybridized carbons (Fsp3) is 1.00. The van der Waals surface area contributed by atoms with Crippen molar-refractivity contribution in [1.82, 2.24) is 4.90 Å². The summed E-state index contributed by atoms with van der Waals surface area (Å²) in [5.74, 6) is 0. The van der Waals surface area contributed by atoms with Crippen LogP contribution in [-0.4, -0.2) is 42.6 Å². The van der Waals surface area contributed by atoms with Gasteiger partial charge in [-0.3, -0.25) is 4.90 Å². The largest absolute Gasteiger partial charge is 0.383 e. The zero-order chi connectivity index (χ0) is 10.6. The van der Waals surface area contributed by atoms with Crippen LogP contribution in [0.2, 0.25) is 0 Å². The van der Waals surface area contributed by atoms with Gasteiger partial charge in [0.1, 0.15) is 0 Å². The molecule has 14 heavy (non-hydrogen) atoms. The van der Waals surface area contributed by atoms with Gasteiger partial charge in [0.2, 0.25) is 0 Å². The molecular weight excluding hydrogens is 242 g/mol. The number of halogens is 1. The van der Waals surface area contributed by atoms with Crippen molar-refractivity contribution in [3.05, 3.63) is 0 Å². The Kier molecular flexibility index (Phi) is 5.42. The first-order valence-electron chi connectivity index (χ1n) is 5.51. The molecule has 1 saturated carbocycles. The molecule has 0 bridgehead atoms. The van der Waals surface area contributed by atoms with Gasteiger partial charge in [0.25, 0.3) is 0 Å². The Hall–Kier alpha value is 0.400. The Bertz CT molecular complexity index is 165. The van der Waals surface area contributed by atoms with Crippen LogP contribution in [0.15, 0.2) is 0 Å². The van der Waals surface area contributed by atoms with E-state index in [1.807, 2.05) is 0 Å². The van der Waals surface area contributed by atoms with Crippen molar-refractivity contribution in [3.63, 3.8) is 0 Å². The van der Waals surface area contributed by atoms with Crippen molar-refractivity contribution >= 4 is 15.9 Å². The summed E-state index contributed by atoms with van der Waals surface area (Å²) in [5.41, 5.74) is 0. The lowest BCUT2D eigenvalue weighted by Gasteiger charge is -2.38. The van der Waals surface area contributed by atoms with Crippen LogP contribution < -0.4 is 0 Å². The Morgan fingerprint density at radius 1 is 1.43 bits per heavy atom. The van der Waals surface area contributed by atoms with Gasteiger partial charge in [-0.25, -0.2) is 0 Å². The van der Waals surface area contributed by atoms with E-state index in [4.69, 9.17) is 4.74 Å². The molecule has 0 heterocycles. The standard InChI is InChI=1S/C11H22BrNO/c1-9(8-14-3)13(2)11-7-5-4-6-10(11)12/h9-11H,4-8H2,1-3H3. The maximum absolute atomic E-state index is 5.19. The number of hydrogen-bond donors (Lipinski definition) is 0. The van der Waals surface area contributed by atoms with E-state index in [0.29, 0.717) is 16.9 Å². The number of alkyl halides is 1. The summed E-state index contributed by atoms with van der Waals surface area (Å²) in [4.78, 5) is 3.13. The molecule has 3 heteroatoms. The first-order chi connectivity index (χ1) is 6.66. The molecular formula is C11H22BrNO. The summed E-state index contributed by atoms with van der Waals surface area (Å²) in [5, 5.41) is 0. The molecule has 0 aromatic rings. The monoisotopic (exact) mass is 263 g/mol. The number of nitrogens with zero attached hydrogens (tertiary/aromatic N) is 1. The van der Waals surface area contributed by atoms with Crippen LogP contribution in [0.4, 0.5) is 0 Å². The second-order valence-corrected chi connectivity index (χ2v) is 5.51. The minimum Gasteiger partial charge on any atom is -0.383 e. The minimum absolute atomic E-state index is 0.517. The Morgan fingerprint density at radius 2 is 2.07 bits per heavy atom.